The van der Waals surface area contributed by atoms with E-state index in [1.54, 1.807) is 25.3 Å². The van der Waals surface area contributed by atoms with Crippen molar-refractivity contribution in [3.63, 3.8) is 0 Å². The highest BCUT2D eigenvalue weighted by Crippen LogP contribution is 2.38. The largest absolute Gasteiger partial charge is 0.493 e. The average molecular weight is 375 g/mol. The summed E-state index contributed by atoms with van der Waals surface area (Å²) < 4.78 is 15.7. The first-order valence-corrected chi connectivity index (χ1v) is 9.24. The Kier molecular flexibility index (Phi) is 5.78. The van der Waals surface area contributed by atoms with E-state index in [-0.39, 0.29) is 12.5 Å². The zero-order chi connectivity index (χ0) is 18.5. The number of carbonyl (C=O) groups excluding carboxylic acids is 2. The molecule has 0 saturated heterocycles. The van der Waals surface area contributed by atoms with Crippen molar-refractivity contribution in [3.05, 3.63) is 40.3 Å². The van der Waals surface area contributed by atoms with E-state index in [9.17, 15) is 9.59 Å². The molecule has 1 aromatic heterocycles. The average Bonchev–Trinajstić information content (AvgIpc) is 3.03. The second-order valence-corrected chi connectivity index (χ2v) is 7.00. The maximum atomic E-state index is 12.3. The number of benzene rings is 1. The number of amides is 1. The summed E-state index contributed by atoms with van der Waals surface area (Å²) in [5, 5.41) is 3.34. The molecule has 138 valence electrons. The van der Waals surface area contributed by atoms with E-state index in [2.05, 4.69) is 5.32 Å². The molecule has 1 heterocycles. The minimum Gasteiger partial charge on any atom is -0.493 e. The van der Waals surface area contributed by atoms with Crippen molar-refractivity contribution in [2.45, 2.75) is 25.7 Å². The fraction of sp³-hybridized carbons (Fsp3) is 0.368. The number of methoxy groups -OCH3 is 2. The lowest BCUT2D eigenvalue weighted by molar-refractivity contribution is -0.118. The van der Waals surface area contributed by atoms with Crippen LogP contribution in [-0.2, 0) is 22.4 Å². The van der Waals surface area contributed by atoms with Crippen molar-refractivity contribution >= 4 is 28.2 Å². The predicted octanol–water partition coefficient (Wildman–Crippen LogP) is 3.44. The highest BCUT2D eigenvalue weighted by atomic mass is 32.1. The predicted molar refractivity (Wildman–Crippen MR) is 99.4 cm³/mol. The topological polar surface area (TPSA) is 73.9 Å². The number of carbonyl (C=O) groups is 2. The Morgan fingerprint density at radius 3 is 2.58 bits per heavy atom. The minimum absolute atomic E-state index is 0.177. The van der Waals surface area contributed by atoms with E-state index in [1.807, 2.05) is 6.07 Å². The van der Waals surface area contributed by atoms with E-state index in [0.717, 1.165) is 36.1 Å². The Bertz CT molecular complexity index is 814. The molecule has 0 spiro atoms. The normalized spacial score (nSPS) is 12.8. The molecule has 0 saturated carbocycles. The maximum absolute atomic E-state index is 12.3. The number of thiophene rings is 1. The molecule has 0 aliphatic heterocycles. The van der Waals surface area contributed by atoms with Crippen LogP contribution in [0.1, 0.15) is 33.6 Å². The summed E-state index contributed by atoms with van der Waals surface area (Å²) in [7, 11) is 2.90. The Labute approximate surface area is 156 Å². The molecule has 1 aliphatic rings. The summed E-state index contributed by atoms with van der Waals surface area (Å²) in [5.74, 6) is 0.302. The van der Waals surface area contributed by atoms with Gasteiger partial charge in [-0.1, -0.05) is 12.1 Å². The van der Waals surface area contributed by atoms with Crippen LogP contribution in [0.25, 0.3) is 0 Å². The number of nitrogens with one attached hydrogen (secondary N) is 1. The fourth-order valence-corrected chi connectivity index (χ4v) is 4.31. The van der Waals surface area contributed by atoms with Crippen molar-refractivity contribution in [1.82, 2.24) is 0 Å². The number of hydrogen-bond donors (Lipinski definition) is 1. The van der Waals surface area contributed by atoms with Crippen LogP contribution in [0.4, 0.5) is 5.00 Å². The van der Waals surface area contributed by atoms with Crippen molar-refractivity contribution < 1.29 is 23.8 Å². The van der Waals surface area contributed by atoms with Crippen molar-refractivity contribution in [3.8, 4) is 11.5 Å². The van der Waals surface area contributed by atoms with Gasteiger partial charge in [0.15, 0.2) is 18.1 Å². The van der Waals surface area contributed by atoms with Crippen LogP contribution in [0.2, 0.25) is 0 Å². The van der Waals surface area contributed by atoms with Gasteiger partial charge in [0.05, 0.1) is 19.8 Å². The van der Waals surface area contributed by atoms with Gasteiger partial charge in [-0.15, -0.1) is 11.3 Å². The van der Waals surface area contributed by atoms with Gasteiger partial charge in [-0.3, -0.25) is 4.79 Å². The molecule has 1 N–H and O–H groups in total. The number of rotatable bonds is 6. The van der Waals surface area contributed by atoms with Gasteiger partial charge in [-0.25, -0.2) is 4.79 Å². The van der Waals surface area contributed by atoms with Crippen LogP contribution in [-0.4, -0.2) is 32.7 Å². The summed E-state index contributed by atoms with van der Waals surface area (Å²) in [6.07, 6.45) is 3.90. The van der Waals surface area contributed by atoms with E-state index in [4.69, 9.17) is 14.2 Å². The van der Waals surface area contributed by atoms with Gasteiger partial charge in [0.2, 0.25) is 0 Å². The van der Waals surface area contributed by atoms with Crippen LogP contribution in [0.5, 0.6) is 11.5 Å². The van der Waals surface area contributed by atoms with Gasteiger partial charge in [0.25, 0.3) is 5.91 Å². The van der Waals surface area contributed by atoms with E-state index in [1.165, 1.54) is 18.4 Å². The summed E-state index contributed by atoms with van der Waals surface area (Å²) >= 11 is 1.45. The molecule has 0 unspecified atom stereocenters. The zero-order valence-electron chi connectivity index (χ0n) is 14.8. The number of ether oxygens (including phenoxy) is 3. The van der Waals surface area contributed by atoms with Gasteiger partial charge in [-0.05, 0) is 43.4 Å². The maximum Gasteiger partial charge on any atom is 0.341 e. The molecule has 0 fully saturated rings. The smallest absolute Gasteiger partial charge is 0.341 e. The SMILES string of the molecule is COC(=O)c1c(NC(=O)COc2ccccc2OC)sc2c1CCCC2. The lowest BCUT2D eigenvalue weighted by atomic mass is 9.95. The first-order valence-electron chi connectivity index (χ1n) is 8.42. The lowest BCUT2D eigenvalue weighted by Crippen LogP contribution is -2.21. The monoisotopic (exact) mass is 375 g/mol. The number of anilines is 1. The quantitative estimate of drug-likeness (QED) is 0.783. The van der Waals surface area contributed by atoms with E-state index >= 15 is 0 Å². The highest BCUT2D eigenvalue weighted by Gasteiger charge is 2.27. The van der Waals surface area contributed by atoms with Gasteiger partial charge < -0.3 is 19.5 Å². The molecular weight excluding hydrogens is 354 g/mol. The summed E-state index contributed by atoms with van der Waals surface area (Å²) in [6.45, 7) is -0.177. The Morgan fingerprint density at radius 1 is 1.12 bits per heavy atom. The first kappa shape index (κ1) is 18.3. The van der Waals surface area contributed by atoms with Gasteiger partial charge in [0.1, 0.15) is 5.00 Å². The number of esters is 1. The van der Waals surface area contributed by atoms with Crippen LogP contribution in [0.3, 0.4) is 0 Å². The molecule has 0 bridgehead atoms. The molecule has 7 heteroatoms. The fourth-order valence-electron chi connectivity index (χ4n) is 3.02. The van der Waals surface area contributed by atoms with Gasteiger partial charge >= 0.3 is 5.97 Å². The standard InChI is InChI=1S/C19H21NO5S/c1-23-13-8-4-5-9-14(13)25-11-16(21)20-18-17(19(22)24-2)12-7-3-6-10-15(12)26-18/h4-5,8-9H,3,6-7,10-11H2,1-2H3,(H,20,21). The second kappa shape index (κ2) is 8.23. The zero-order valence-corrected chi connectivity index (χ0v) is 15.6. The molecule has 26 heavy (non-hydrogen) atoms. The van der Waals surface area contributed by atoms with Gasteiger partial charge in [0, 0.05) is 4.88 Å². The Morgan fingerprint density at radius 2 is 1.85 bits per heavy atom. The lowest BCUT2D eigenvalue weighted by Gasteiger charge is -2.12. The van der Waals surface area contributed by atoms with E-state index < -0.39 is 5.97 Å². The minimum atomic E-state index is -0.412. The third-order valence-corrected chi connectivity index (χ3v) is 5.45. The molecule has 0 atom stereocenters. The van der Waals surface area contributed by atoms with Crippen LogP contribution >= 0.6 is 11.3 Å². The van der Waals surface area contributed by atoms with Crippen molar-refractivity contribution in [2.75, 3.05) is 26.1 Å². The molecular formula is C19H21NO5S. The van der Waals surface area contributed by atoms with E-state index in [0.29, 0.717) is 22.1 Å². The van der Waals surface area contributed by atoms with Crippen LogP contribution in [0, 0.1) is 0 Å². The number of aryl methyl sites for hydroxylation is 1. The first-order chi connectivity index (χ1) is 12.6. The summed E-state index contributed by atoms with van der Waals surface area (Å²) in [6, 6.07) is 7.12. The Balaban J connectivity index is 1.73. The summed E-state index contributed by atoms with van der Waals surface area (Å²) in [5.41, 5.74) is 1.49. The van der Waals surface area contributed by atoms with Crippen molar-refractivity contribution in [1.29, 1.82) is 0 Å². The number of para-hydroxylation sites is 2. The summed E-state index contributed by atoms with van der Waals surface area (Å²) in [4.78, 5) is 25.7. The third-order valence-electron chi connectivity index (χ3n) is 4.24. The molecule has 2 aromatic rings. The molecule has 6 nitrogen and oxygen atoms in total. The third kappa shape index (κ3) is 3.83. The van der Waals surface area contributed by atoms with Gasteiger partial charge in [-0.2, -0.15) is 0 Å². The number of hydrogen-bond acceptors (Lipinski definition) is 6. The van der Waals surface area contributed by atoms with Crippen LogP contribution in [0.15, 0.2) is 24.3 Å². The van der Waals surface area contributed by atoms with Crippen LogP contribution < -0.4 is 14.8 Å². The number of fused-ring (bicyclic) bond motifs is 1. The second-order valence-electron chi connectivity index (χ2n) is 5.89. The molecule has 1 aromatic carbocycles. The molecule has 0 radical (unpaired) electrons. The molecule has 3 rings (SSSR count). The highest BCUT2D eigenvalue weighted by molar-refractivity contribution is 7.17. The van der Waals surface area contributed by atoms with Crippen molar-refractivity contribution in [2.24, 2.45) is 0 Å². The molecule has 1 aliphatic carbocycles. The Hall–Kier alpha value is -2.54. The molecule has 1 amide bonds.